The van der Waals surface area contributed by atoms with Gasteiger partial charge in [-0.1, -0.05) is 5.16 Å². The standard InChI is InChI=1S/C8H5N3O2/c12-6-1-3-9-10-8(5-6)7-2-4-13-11-7/h1-5H. The molecule has 2 aromatic heterocycles. The lowest BCUT2D eigenvalue weighted by Gasteiger charge is -1.83. The smallest absolute Gasteiger partial charge is 0.182 e. The largest absolute Gasteiger partial charge is 0.364 e. The molecule has 0 bridgehead atoms. The molecule has 2 rings (SSSR count). The summed E-state index contributed by atoms with van der Waals surface area (Å²) in [5.74, 6) is 0. The van der Waals surface area contributed by atoms with Crippen molar-refractivity contribution in [3.8, 4) is 11.4 Å². The molecule has 0 aliphatic heterocycles. The van der Waals surface area contributed by atoms with Crippen molar-refractivity contribution >= 4 is 0 Å². The molecule has 0 aromatic carbocycles. The Morgan fingerprint density at radius 3 is 2.92 bits per heavy atom. The molecule has 0 fully saturated rings. The van der Waals surface area contributed by atoms with Crippen molar-refractivity contribution in [1.82, 2.24) is 15.4 Å². The molecule has 0 saturated heterocycles. The molecule has 2 aromatic rings. The van der Waals surface area contributed by atoms with Crippen LogP contribution in [0, 0.1) is 0 Å². The maximum Gasteiger partial charge on any atom is 0.182 e. The van der Waals surface area contributed by atoms with Crippen LogP contribution in [0.2, 0.25) is 0 Å². The fourth-order valence-corrected chi connectivity index (χ4v) is 0.884. The summed E-state index contributed by atoms with van der Waals surface area (Å²) in [6.07, 6.45) is 2.75. The van der Waals surface area contributed by atoms with E-state index in [1.807, 2.05) is 0 Å². The third-order valence-corrected chi connectivity index (χ3v) is 1.45. The fourth-order valence-electron chi connectivity index (χ4n) is 0.884. The summed E-state index contributed by atoms with van der Waals surface area (Å²) in [5, 5.41) is 11.0. The summed E-state index contributed by atoms with van der Waals surface area (Å²) in [6, 6.07) is 4.30. The lowest BCUT2D eigenvalue weighted by molar-refractivity contribution is 0.422. The van der Waals surface area contributed by atoms with E-state index >= 15 is 0 Å². The predicted molar refractivity (Wildman–Crippen MR) is 43.8 cm³/mol. The van der Waals surface area contributed by atoms with Gasteiger partial charge in [-0.15, -0.1) is 5.10 Å². The Morgan fingerprint density at radius 1 is 1.23 bits per heavy atom. The molecule has 64 valence electrons. The monoisotopic (exact) mass is 175 g/mol. The van der Waals surface area contributed by atoms with E-state index in [2.05, 4.69) is 19.9 Å². The van der Waals surface area contributed by atoms with Gasteiger partial charge in [-0.25, -0.2) is 0 Å². The van der Waals surface area contributed by atoms with E-state index < -0.39 is 0 Å². The van der Waals surface area contributed by atoms with Crippen molar-refractivity contribution in [3.63, 3.8) is 0 Å². The van der Waals surface area contributed by atoms with Crippen LogP contribution in [-0.4, -0.2) is 15.4 Å². The van der Waals surface area contributed by atoms with Gasteiger partial charge in [-0.05, 0) is 0 Å². The summed E-state index contributed by atoms with van der Waals surface area (Å²) >= 11 is 0. The SMILES string of the molecule is O=c1ccnnc(-c2ccon2)c1. The van der Waals surface area contributed by atoms with Gasteiger partial charge in [0.25, 0.3) is 0 Å². The lowest BCUT2D eigenvalue weighted by atomic mass is 10.3. The van der Waals surface area contributed by atoms with Crippen LogP contribution >= 0.6 is 0 Å². The molecule has 2 heterocycles. The van der Waals surface area contributed by atoms with Crippen LogP contribution in [0.5, 0.6) is 0 Å². The van der Waals surface area contributed by atoms with Gasteiger partial charge in [-0.2, -0.15) is 5.10 Å². The van der Waals surface area contributed by atoms with Crippen LogP contribution in [0.25, 0.3) is 11.4 Å². The first-order valence-corrected chi connectivity index (χ1v) is 3.60. The topological polar surface area (TPSA) is 68.9 Å². The average Bonchev–Trinajstić information content (AvgIpc) is 2.56. The van der Waals surface area contributed by atoms with Gasteiger partial charge < -0.3 is 4.52 Å². The average molecular weight is 175 g/mol. The quantitative estimate of drug-likeness (QED) is 0.630. The van der Waals surface area contributed by atoms with Crippen LogP contribution in [0.1, 0.15) is 0 Å². The molecule has 5 nitrogen and oxygen atoms in total. The Kier molecular flexibility index (Phi) is 1.84. The molecule has 0 amide bonds. The van der Waals surface area contributed by atoms with Crippen molar-refractivity contribution < 1.29 is 4.52 Å². The lowest BCUT2D eigenvalue weighted by Crippen LogP contribution is -1.91. The highest BCUT2D eigenvalue weighted by atomic mass is 16.5. The van der Waals surface area contributed by atoms with Crippen LogP contribution in [0.3, 0.4) is 0 Å². The Hall–Kier alpha value is -2.04. The highest BCUT2D eigenvalue weighted by molar-refractivity contribution is 5.50. The molecular weight excluding hydrogens is 170 g/mol. The second-order valence-corrected chi connectivity index (χ2v) is 2.35. The minimum atomic E-state index is -0.164. The van der Waals surface area contributed by atoms with E-state index in [4.69, 9.17) is 0 Å². The second-order valence-electron chi connectivity index (χ2n) is 2.35. The molecule has 0 spiro atoms. The first-order chi connectivity index (χ1) is 6.36. The van der Waals surface area contributed by atoms with Gasteiger partial charge in [0.05, 0.1) is 6.20 Å². The number of rotatable bonds is 1. The summed E-state index contributed by atoms with van der Waals surface area (Å²) in [6.45, 7) is 0. The van der Waals surface area contributed by atoms with Crippen molar-refractivity contribution in [2.45, 2.75) is 0 Å². The van der Waals surface area contributed by atoms with E-state index in [1.54, 1.807) is 6.07 Å². The van der Waals surface area contributed by atoms with E-state index in [1.165, 1.54) is 24.6 Å². The minimum absolute atomic E-state index is 0.164. The Balaban J connectivity index is 2.61. The summed E-state index contributed by atoms with van der Waals surface area (Å²) in [7, 11) is 0. The molecule has 0 atom stereocenters. The Labute approximate surface area is 73.0 Å². The van der Waals surface area contributed by atoms with Crippen LogP contribution < -0.4 is 5.43 Å². The zero-order chi connectivity index (χ0) is 9.10. The predicted octanol–water partition coefficient (Wildman–Crippen LogP) is 0.492. The zero-order valence-corrected chi connectivity index (χ0v) is 6.54. The van der Waals surface area contributed by atoms with Crippen molar-refractivity contribution in [2.75, 3.05) is 0 Å². The molecule has 5 heteroatoms. The van der Waals surface area contributed by atoms with Gasteiger partial charge >= 0.3 is 0 Å². The Bertz CT molecular complexity index is 453. The molecule has 0 aliphatic rings. The fraction of sp³-hybridized carbons (Fsp3) is 0. The molecule has 0 aliphatic carbocycles. The minimum Gasteiger partial charge on any atom is -0.364 e. The van der Waals surface area contributed by atoms with Crippen molar-refractivity contribution in [1.29, 1.82) is 0 Å². The van der Waals surface area contributed by atoms with Crippen molar-refractivity contribution in [2.24, 2.45) is 0 Å². The number of aromatic nitrogens is 3. The van der Waals surface area contributed by atoms with Gasteiger partial charge in [0.15, 0.2) is 5.43 Å². The summed E-state index contributed by atoms with van der Waals surface area (Å²) in [5.41, 5.74) is 0.743. The van der Waals surface area contributed by atoms with Gasteiger partial charge in [-0.3, -0.25) is 4.79 Å². The van der Waals surface area contributed by atoms with Crippen LogP contribution in [0.4, 0.5) is 0 Å². The molecule has 0 saturated carbocycles. The normalized spacial score (nSPS) is 9.85. The highest BCUT2D eigenvalue weighted by Gasteiger charge is 2.01. The molecule has 0 radical (unpaired) electrons. The van der Waals surface area contributed by atoms with E-state index in [0.29, 0.717) is 11.4 Å². The summed E-state index contributed by atoms with van der Waals surface area (Å²) in [4.78, 5) is 11.0. The van der Waals surface area contributed by atoms with Gasteiger partial charge in [0.2, 0.25) is 0 Å². The maximum absolute atomic E-state index is 11.0. The first kappa shape index (κ1) is 7.60. The van der Waals surface area contributed by atoms with Gasteiger partial charge in [0.1, 0.15) is 17.7 Å². The van der Waals surface area contributed by atoms with Crippen molar-refractivity contribution in [3.05, 3.63) is 40.9 Å². The maximum atomic E-state index is 11.0. The molecule has 13 heavy (non-hydrogen) atoms. The van der Waals surface area contributed by atoms with Gasteiger partial charge in [0, 0.05) is 18.2 Å². The third-order valence-electron chi connectivity index (χ3n) is 1.45. The zero-order valence-electron chi connectivity index (χ0n) is 6.54. The Morgan fingerprint density at radius 2 is 2.15 bits per heavy atom. The van der Waals surface area contributed by atoms with E-state index in [0.717, 1.165) is 0 Å². The molecule has 0 N–H and O–H groups in total. The molecule has 0 unspecified atom stereocenters. The second kappa shape index (κ2) is 3.14. The number of hydrogen-bond acceptors (Lipinski definition) is 5. The van der Waals surface area contributed by atoms with E-state index in [-0.39, 0.29) is 5.43 Å². The third kappa shape index (κ3) is 1.58. The first-order valence-electron chi connectivity index (χ1n) is 3.60. The number of nitrogens with zero attached hydrogens (tertiary/aromatic N) is 3. The highest BCUT2D eigenvalue weighted by Crippen LogP contribution is 2.09. The summed E-state index contributed by atoms with van der Waals surface area (Å²) < 4.78 is 4.62. The van der Waals surface area contributed by atoms with Crippen LogP contribution in [-0.2, 0) is 0 Å². The van der Waals surface area contributed by atoms with Crippen LogP contribution in [0.15, 0.2) is 40.0 Å². The molecular formula is C8H5N3O2. The van der Waals surface area contributed by atoms with E-state index in [9.17, 15) is 4.79 Å². The number of hydrogen-bond donors (Lipinski definition) is 0.